The third-order valence-corrected chi connectivity index (χ3v) is 4.22. The molecule has 2 heterocycles. The minimum absolute atomic E-state index is 0.125. The van der Waals surface area contributed by atoms with Gasteiger partial charge in [0.05, 0.1) is 17.6 Å². The first kappa shape index (κ1) is 16.7. The number of carbonyl (C=O) groups excluding carboxylic acids is 1. The second-order valence-electron chi connectivity index (χ2n) is 5.63. The van der Waals surface area contributed by atoms with Gasteiger partial charge >= 0.3 is 0 Å². The molecule has 0 unspecified atom stereocenters. The molecule has 0 aliphatic carbocycles. The summed E-state index contributed by atoms with van der Waals surface area (Å²) >= 11 is 0. The third-order valence-electron chi connectivity index (χ3n) is 4.22. The number of benzene rings is 1. The summed E-state index contributed by atoms with van der Waals surface area (Å²) in [6, 6.07) is 7.92. The fourth-order valence-corrected chi connectivity index (χ4v) is 2.87. The van der Waals surface area contributed by atoms with Gasteiger partial charge in [-0.2, -0.15) is 0 Å². The Labute approximate surface area is 144 Å². The molecular weight excluding hydrogens is 324 g/mol. The lowest BCUT2D eigenvalue weighted by atomic mass is 10.1. The van der Waals surface area contributed by atoms with Crippen LogP contribution in [0, 0.1) is 10.1 Å². The number of nitro benzene ring substituents is 1. The fraction of sp³-hybridized carbons (Fsp3) is 0.294. The van der Waals surface area contributed by atoms with E-state index in [0.29, 0.717) is 31.9 Å². The SMILES string of the molecule is COc1ccc([N+](=O)[O-])cc1C(=O)N1CCN(c2ccncc2)CC1. The molecule has 1 aromatic heterocycles. The lowest BCUT2D eigenvalue weighted by molar-refractivity contribution is -0.384. The number of non-ortho nitro benzene ring substituents is 1. The Morgan fingerprint density at radius 1 is 1.16 bits per heavy atom. The molecule has 0 N–H and O–H groups in total. The van der Waals surface area contributed by atoms with Gasteiger partial charge in [-0.25, -0.2) is 0 Å². The van der Waals surface area contributed by atoms with E-state index in [4.69, 9.17) is 4.74 Å². The maximum absolute atomic E-state index is 12.8. The van der Waals surface area contributed by atoms with E-state index in [1.165, 1.54) is 25.3 Å². The van der Waals surface area contributed by atoms with Crippen molar-refractivity contribution < 1.29 is 14.5 Å². The van der Waals surface area contributed by atoms with E-state index in [2.05, 4.69) is 9.88 Å². The highest BCUT2D eigenvalue weighted by molar-refractivity contribution is 5.97. The molecule has 3 rings (SSSR count). The summed E-state index contributed by atoms with van der Waals surface area (Å²) in [5, 5.41) is 11.0. The van der Waals surface area contributed by atoms with Crippen LogP contribution in [0.3, 0.4) is 0 Å². The van der Waals surface area contributed by atoms with Crippen molar-refractivity contribution in [2.75, 3.05) is 38.2 Å². The molecule has 1 saturated heterocycles. The lowest BCUT2D eigenvalue weighted by Crippen LogP contribution is -2.48. The maximum atomic E-state index is 12.8. The van der Waals surface area contributed by atoms with Crippen LogP contribution in [0.15, 0.2) is 42.7 Å². The summed E-state index contributed by atoms with van der Waals surface area (Å²) in [7, 11) is 1.44. The number of anilines is 1. The molecule has 0 atom stereocenters. The molecule has 1 amide bonds. The number of aromatic nitrogens is 1. The van der Waals surface area contributed by atoms with Gasteiger partial charge in [-0.15, -0.1) is 0 Å². The Hall–Kier alpha value is -3.16. The van der Waals surface area contributed by atoms with Crippen LogP contribution in [0.1, 0.15) is 10.4 Å². The summed E-state index contributed by atoms with van der Waals surface area (Å²) < 4.78 is 5.20. The molecule has 0 spiro atoms. The number of carbonyl (C=O) groups is 1. The Morgan fingerprint density at radius 3 is 2.44 bits per heavy atom. The fourth-order valence-electron chi connectivity index (χ4n) is 2.87. The number of nitro groups is 1. The van der Waals surface area contributed by atoms with E-state index in [-0.39, 0.29) is 17.2 Å². The number of rotatable bonds is 4. The second-order valence-corrected chi connectivity index (χ2v) is 5.63. The van der Waals surface area contributed by atoms with Crippen LogP contribution >= 0.6 is 0 Å². The molecule has 25 heavy (non-hydrogen) atoms. The molecule has 8 nitrogen and oxygen atoms in total. The average Bonchev–Trinajstić information content (AvgIpc) is 2.67. The van der Waals surface area contributed by atoms with Gasteiger partial charge < -0.3 is 14.5 Å². The first-order valence-corrected chi connectivity index (χ1v) is 7.87. The average molecular weight is 342 g/mol. The molecule has 1 aliphatic rings. The topological polar surface area (TPSA) is 88.8 Å². The van der Waals surface area contributed by atoms with Crippen molar-refractivity contribution >= 4 is 17.3 Å². The van der Waals surface area contributed by atoms with Crippen molar-refractivity contribution in [3.63, 3.8) is 0 Å². The highest BCUT2D eigenvalue weighted by atomic mass is 16.6. The van der Waals surface area contributed by atoms with Gasteiger partial charge in [0.2, 0.25) is 0 Å². The predicted molar refractivity (Wildman–Crippen MR) is 92.0 cm³/mol. The van der Waals surface area contributed by atoms with Crippen LogP contribution in [-0.2, 0) is 0 Å². The third kappa shape index (κ3) is 3.52. The molecule has 0 bridgehead atoms. The van der Waals surface area contributed by atoms with Crippen molar-refractivity contribution in [3.05, 3.63) is 58.4 Å². The van der Waals surface area contributed by atoms with E-state index < -0.39 is 4.92 Å². The minimum Gasteiger partial charge on any atom is -0.496 e. The van der Waals surface area contributed by atoms with Gasteiger partial charge in [0.25, 0.3) is 11.6 Å². The molecule has 0 radical (unpaired) electrons. The van der Waals surface area contributed by atoms with Crippen molar-refractivity contribution in [1.82, 2.24) is 9.88 Å². The van der Waals surface area contributed by atoms with E-state index in [1.54, 1.807) is 17.3 Å². The van der Waals surface area contributed by atoms with E-state index in [1.807, 2.05) is 12.1 Å². The van der Waals surface area contributed by atoms with Crippen LogP contribution in [0.25, 0.3) is 0 Å². The van der Waals surface area contributed by atoms with Gasteiger partial charge in [0.1, 0.15) is 5.75 Å². The Balaban J connectivity index is 1.74. The maximum Gasteiger partial charge on any atom is 0.270 e. The highest BCUT2D eigenvalue weighted by Crippen LogP contribution is 2.26. The van der Waals surface area contributed by atoms with Crippen LogP contribution < -0.4 is 9.64 Å². The number of ether oxygens (including phenoxy) is 1. The first-order valence-electron chi connectivity index (χ1n) is 7.87. The lowest BCUT2D eigenvalue weighted by Gasteiger charge is -2.36. The van der Waals surface area contributed by atoms with E-state index >= 15 is 0 Å². The Kier molecular flexibility index (Phi) is 4.78. The Bertz CT molecular complexity index is 773. The summed E-state index contributed by atoms with van der Waals surface area (Å²) in [6.45, 7) is 2.44. The number of piperazine rings is 1. The van der Waals surface area contributed by atoms with Crippen molar-refractivity contribution in [3.8, 4) is 5.75 Å². The summed E-state index contributed by atoms with van der Waals surface area (Å²) in [5.74, 6) is 0.0853. The first-order chi connectivity index (χ1) is 12.1. The van der Waals surface area contributed by atoms with Crippen LogP contribution in [-0.4, -0.2) is 54.0 Å². The standard InChI is InChI=1S/C17H18N4O4/c1-25-16-3-2-14(21(23)24)12-15(16)17(22)20-10-8-19(9-11-20)13-4-6-18-7-5-13/h2-7,12H,8-11H2,1H3. The summed E-state index contributed by atoms with van der Waals surface area (Å²) in [4.78, 5) is 31.1. The number of hydrogen-bond donors (Lipinski definition) is 0. The number of amides is 1. The molecular formula is C17H18N4O4. The van der Waals surface area contributed by atoms with E-state index in [9.17, 15) is 14.9 Å². The predicted octanol–water partition coefficient (Wildman–Crippen LogP) is 1.96. The molecule has 8 heteroatoms. The second kappa shape index (κ2) is 7.16. The monoisotopic (exact) mass is 342 g/mol. The largest absolute Gasteiger partial charge is 0.496 e. The van der Waals surface area contributed by atoms with Gasteiger partial charge in [0, 0.05) is 56.4 Å². The van der Waals surface area contributed by atoms with Gasteiger partial charge in [-0.3, -0.25) is 19.9 Å². The minimum atomic E-state index is -0.516. The van der Waals surface area contributed by atoms with Crippen molar-refractivity contribution in [2.45, 2.75) is 0 Å². The van der Waals surface area contributed by atoms with Gasteiger partial charge in [-0.1, -0.05) is 0 Å². The van der Waals surface area contributed by atoms with Crippen LogP contribution in [0.4, 0.5) is 11.4 Å². The zero-order valence-corrected chi connectivity index (χ0v) is 13.8. The van der Waals surface area contributed by atoms with E-state index in [0.717, 1.165) is 5.69 Å². The zero-order chi connectivity index (χ0) is 17.8. The summed E-state index contributed by atoms with van der Waals surface area (Å²) in [5.41, 5.74) is 1.16. The van der Waals surface area contributed by atoms with Gasteiger partial charge in [-0.05, 0) is 18.2 Å². The highest BCUT2D eigenvalue weighted by Gasteiger charge is 2.26. The number of hydrogen-bond acceptors (Lipinski definition) is 6. The Morgan fingerprint density at radius 2 is 1.84 bits per heavy atom. The van der Waals surface area contributed by atoms with Crippen molar-refractivity contribution in [2.24, 2.45) is 0 Å². The quantitative estimate of drug-likeness (QED) is 0.623. The number of methoxy groups -OCH3 is 1. The normalized spacial score (nSPS) is 14.3. The summed E-state index contributed by atoms with van der Waals surface area (Å²) in [6.07, 6.45) is 3.47. The van der Waals surface area contributed by atoms with Crippen molar-refractivity contribution in [1.29, 1.82) is 0 Å². The van der Waals surface area contributed by atoms with Gasteiger partial charge in [0.15, 0.2) is 0 Å². The molecule has 2 aromatic rings. The molecule has 130 valence electrons. The molecule has 0 saturated carbocycles. The molecule has 1 aromatic carbocycles. The number of pyridine rings is 1. The molecule has 1 aliphatic heterocycles. The number of nitrogens with zero attached hydrogens (tertiary/aromatic N) is 4. The zero-order valence-electron chi connectivity index (χ0n) is 13.8. The smallest absolute Gasteiger partial charge is 0.270 e. The van der Waals surface area contributed by atoms with Crippen LogP contribution in [0.5, 0.6) is 5.75 Å². The van der Waals surface area contributed by atoms with Crippen LogP contribution in [0.2, 0.25) is 0 Å². The molecule has 1 fully saturated rings.